The normalized spacial score (nSPS) is 6.50. The zero-order valence-corrected chi connectivity index (χ0v) is 5.58. The van der Waals surface area contributed by atoms with Crippen molar-refractivity contribution < 1.29 is 0 Å². The van der Waals surface area contributed by atoms with Crippen molar-refractivity contribution in [2.45, 2.75) is 20.8 Å². The molecule has 0 aromatic rings. The van der Waals surface area contributed by atoms with Crippen molar-refractivity contribution in [3.05, 3.63) is 0 Å². The van der Waals surface area contributed by atoms with Crippen LogP contribution in [0.1, 0.15) is 20.8 Å². The lowest BCUT2D eigenvalue weighted by Crippen LogP contribution is -1.80. The van der Waals surface area contributed by atoms with Gasteiger partial charge in [0, 0.05) is 0 Å². The fourth-order valence-electron chi connectivity index (χ4n) is 0.469. The lowest BCUT2D eigenvalue weighted by molar-refractivity contribution is 1.02. The molecule has 0 radical (unpaired) electrons. The monoisotopic (exact) mass is 106 g/mol. The summed E-state index contributed by atoms with van der Waals surface area (Å²) in [5, 5.41) is 0. The van der Waals surface area contributed by atoms with Gasteiger partial charge in [-0.2, -0.15) is 0 Å². The molecule has 0 atom stereocenters. The molecular weight excluding hydrogens is 96.1 g/mol. The first-order chi connectivity index (χ1) is 3.81. The minimum absolute atomic E-state index is 0.241. The summed E-state index contributed by atoms with van der Waals surface area (Å²) in [7, 11) is 0. The molecule has 0 unspecified atom stereocenters. The van der Waals surface area contributed by atoms with Gasteiger partial charge in [0.25, 0.3) is 0 Å². The third-order valence-electron chi connectivity index (χ3n) is 0.722. The molecule has 0 aliphatic carbocycles. The van der Waals surface area contributed by atoms with Crippen molar-refractivity contribution in [3.63, 3.8) is 0 Å². The molecule has 0 rings (SSSR count). The maximum atomic E-state index is 2.92. The number of hydrogen-bond acceptors (Lipinski definition) is 0. The van der Waals surface area contributed by atoms with Gasteiger partial charge in [0.05, 0.1) is 5.92 Å². The second-order valence-electron chi connectivity index (χ2n) is 1.51. The number of hydrogen-bond donors (Lipinski definition) is 0. The van der Waals surface area contributed by atoms with E-state index in [4.69, 9.17) is 0 Å². The van der Waals surface area contributed by atoms with Gasteiger partial charge in [-0.3, -0.25) is 0 Å². The van der Waals surface area contributed by atoms with Crippen LogP contribution in [0.2, 0.25) is 0 Å². The molecule has 0 amide bonds. The van der Waals surface area contributed by atoms with Crippen molar-refractivity contribution >= 4 is 0 Å². The highest BCUT2D eigenvalue weighted by Gasteiger charge is 1.82. The summed E-state index contributed by atoms with van der Waals surface area (Å²) in [6.07, 6.45) is 0. The van der Waals surface area contributed by atoms with Gasteiger partial charge in [-0.1, -0.05) is 11.8 Å². The summed E-state index contributed by atoms with van der Waals surface area (Å²) < 4.78 is 0. The second kappa shape index (κ2) is 4.28. The Balaban J connectivity index is 3.71. The smallest absolute Gasteiger partial charge is 0.0783 e. The average Bonchev–Trinajstić information content (AvgIpc) is 1.68. The van der Waals surface area contributed by atoms with E-state index in [1.54, 1.807) is 0 Å². The van der Waals surface area contributed by atoms with E-state index in [-0.39, 0.29) is 5.92 Å². The molecule has 0 N–H and O–H groups in total. The van der Waals surface area contributed by atoms with Gasteiger partial charge in [-0.05, 0) is 20.8 Å². The Bertz CT molecular complexity index is 136. The van der Waals surface area contributed by atoms with E-state index < -0.39 is 0 Å². The first-order valence-electron chi connectivity index (χ1n) is 2.65. The minimum Gasteiger partial charge on any atom is -0.105 e. The summed E-state index contributed by atoms with van der Waals surface area (Å²) in [5.74, 6) is 11.7. The average molecular weight is 106 g/mol. The molecule has 0 aromatic carbocycles. The van der Waals surface area contributed by atoms with Crippen LogP contribution in [0.25, 0.3) is 0 Å². The molecule has 0 bridgehead atoms. The molecule has 0 aromatic heterocycles. The number of rotatable bonds is 0. The molecule has 0 aliphatic heterocycles. The Morgan fingerprint density at radius 2 is 1.38 bits per heavy atom. The fraction of sp³-hybridized carbons (Fsp3) is 0.500. The minimum atomic E-state index is 0.241. The molecule has 0 saturated heterocycles. The lowest BCUT2D eigenvalue weighted by Gasteiger charge is -1.84. The van der Waals surface area contributed by atoms with Crippen LogP contribution in [0.15, 0.2) is 0 Å². The van der Waals surface area contributed by atoms with Crippen LogP contribution >= 0.6 is 0 Å². The zero-order valence-electron chi connectivity index (χ0n) is 5.58. The van der Waals surface area contributed by atoms with Crippen LogP contribution in [-0.4, -0.2) is 0 Å². The highest BCUT2D eigenvalue weighted by atomic mass is 13.8. The van der Waals surface area contributed by atoms with Crippen LogP contribution in [0.5, 0.6) is 0 Å². The van der Waals surface area contributed by atoms with Crippen molar-refractivity contribution in [3.8, 4) is 23.7 Å². The molecule has 0 saturated carbocycles. The van der Waals surface area contributed by atoms with E-state index in [0.717, 1.165) is 0 Å². The SMILES string of the molecule is CC#CC(C)C#CC. The van der Waals surface area contributed by atoms with Gasteiger partial charge in [-0.15, -0.1) is 11.8 Å². The molecule has 0 fully saturated rings. The summed E-state index contributed by atoms with van der Waals surface area (Å²) in [5.41, 5.74) is 0. The van der Waals surface area contributed by atoms with Crippen LogP contribution in [0, 0.1) is 29.6 Å². The third-order valence-corrected chi connectivity index (χ3v) is 0.722. The summed E-state index contributed by atoms with van der Waals surface area (Å²) in [4.78, 5) is 0. The largest absolute Gasteiger partial charge is 0.105 e. The quantitative estimate of drug-likeness (QED) is 0.412. The predicted octanol–water partition coefficient (Wildman–Crippen LogP) is 1.67. The van der Waals surface area contributed by atoms with Crippen LogP contribution in [-0.2, 0) is 0 Å². The van der Waals surface area contributed by atoms with Crippen LogP contribution in [0.4, 0.5) is 0 Å². The highest BCUT2D eigenvalue weighted by Crippen LogP contribution is 1.85. The second-order valence-corrected chi connectivity index (χ2v) is 1.51. The molecule has 8 heavy (non-hydrogen) atoms. The topological polar surface area (TPSA) is 0 Å². The molecule has 0 nitrogen and oxygen atoms in total. The fourth-order valence-corrected chi connectivity index (χ4v) is 0.469. The molecule has 0 spiro atoms. The van der Waals surface area contributed by atoms with Gasteiger partial charge in [0.15, 0.2) is 0 Å². The van der Waals surface area contributed by atoms with Gasteiger partial charge in [0.2, 0.25) is 0 Å². The Labute approximate surface area is 51.3 Å². The molecular formula is C8H10. The van der Waals surface area contributed by atoms with Crippen molar-refractivity contribution in [1.82, 2.24) is 0 Å². The Hall–Kier alpha value is -0.880. The van der Waals surface area contributed by atoms with Crippen molar-refractivity contribution in [2.75, 3.05) is 0 Å². The van der Waals surface area contributed by atoms with Gasteiger partial charge in [-0.25, -0.2) is 0 Å². The highest BCUT2D eigenvalue weighted by molar-refractivity contribution is 5.14. The van der Waals surface area contributed by atoms with Gasteiger partial charge >= 0.3 is 0 Å². The molecule has 42 valence electrons. The van der Waals surface area contributed by atoms with E-state index in [1.807, 2.05) is 20.8 Å². The Morgan fingerprint density at radius 1 is 1.00 bits per heavy atom. The van der Waals surface area contributed by atoms with E-state index >= 15 is 0 Å². The van der Waals surface area contributed by atoms with Crippen molar-refractivity contribution in [1.29, 1.82) is 0 Å². The van der Waals surface area contributed by atoms with Crippen LogP contribution in [0.3, 0.4) is 0 Å². The standard InChI is InChI=1S/C8H10/c1-4-6-8(3)7-5-2/h8H,1-3H3. The molecule has 0 heterocycles. The zero-order chi connectivity index (χ0) is 6.41. The molecule has 0 heteroatoms. The van der Waals surface area contributed by atoms with Crippen molar-refractivity contribution in [2.24, 2.45) is 5.92 Å². The lowest BCUT2D eigenvalue weighted by atomic mass is 10.2. The summed E-state index contributed by atoms with van der Waals surface area (Å²) in [6, 6.07) is 0. The first kappa shape index (κ1) is 7.12. The summed E-state index contributed by atoms with van der Waals surface area (Å²) in [6.45, 7) is 5.65. The third kappa shape index (κ3) is 3.32. The van der Waals surface area contributed by atoms with E-state index in [0.29, 0.717) is 0 Å². The maximum Gasteiger partial charge on any atom is 0.0783 e. The van der Waals surface area contributed by atoms with E-state index in [1.165, 1.54) is 0 Å². The predicted molar refractivity (Wildman–Crippen MR) is 36.1 cm³/mol. The first-order valence-corrected chi connectivity index (χ1v) is 2.65. The van der Waals surface area contributed by atoms with Gasteiger partial charge < -0.3 is 0 Å². The Kier molecular flexibility index (Phi) is 3.81. The van der Waals surface area contributed by atoms with Gasteiger partial charge in [0.1, 0.15) is 0 Å². The Morgan fingerprint density at radius 3 is 1.62 bits per heavy atom. The maximum absolute atomic E-state index is 2.92. The molecule has 0 aliphatic rings. The summed E-state index contributed by atoms with van der Waals surface area (Å²) >= 11 is 0. The van der Waals surface area contributed by atoms with E-state index in [2.05, 4.69) is 23.7 Å². The van der Waals surface area contributed by atoms with Crippen LogP contribution < -0.4 is 0 Å². The van der Waals surface area contributed by atoms with E-state index in [9.17, 15) is 0 Å².